The monoisotopic (exact) mass is 207 g/mol. The molecule has 0 bridgehead atoms. The van der Waals surface area contributed by atoms with Gasteiger partial charge in [-0.05, 0) is 6.92 Å². The molecule has 0 saturated heterocycles. The number of nitrogens with zero attached hydrogens (tertiary/aromatic N) is 2. The van der Waals surface area contributed by atoms with Gasteiger partial charge in [-0.15, -0.1) is 0 Å². The lowest BCUT2D eigenvalue weighted by molar-refractivity contribution is -0.154. The van der Waals surface area contributed by atoms with Gasteiger partial charge in [0.2, 0.25) is 0 Å². The maximum atomic E-state index is 11.7. The highest BCUT2D eigenvalue weighted by molar-refractivity contribution is 5.30. The number of alkyl halides is 3. The Hall–Kier alpha value is -1.53. The van der Waals surface area contributed by atoms with Crippen molar-refractivity contribution in [2.45, 2.75) is 13.1 Å². The quantitative estimate of drug-likeness (QED) is 0.794. The predicted octanol–water partition coefficient (Wildman–Crippen LogP) is 1.31. The van der Waals surface area contributed by atoms with Crippen LogP contribution in [0.25, 0.3) is 0 Å². The van der Waals surface area contributed by atoms with Crippen molar-refractivity contribution in [2.75, 3.05) is 12.3 Å². The van der Waals surface area contributed by atoms with Crippen molar-refractivity contribution in [3.8, 4) is 6.01 Å². The van der Waals surface area contributed by atoms with Crippen LogP contribution in [0.3, 0.4) is 0 Å². The van der Waals surface area contributed by atoms with Gasteiger partial charge in [0, 0.05) is 11.8 Å². The second-order valence-electron chi connectivity index (χ2n) is 2.62. The molecule has 14 heavy (non-hydrogen) atoms. The van der Waals surface area contributed by atoms with Gasteiger partial charge in [0.05, 0.1) is 0 Å². The van der Waals surface area contributed by atoms with E-state index in [0.29, 0.717) is 5.69 Å². The molecule has 4 nitrogen and oxygen atoms in total. The highest BCUT2D eigenvalue weighted by atomic mass is 19.4. The molecule has 0 aliphatic heterocycles. The van der Waals surface area contributed by atoms with Crippen LogP contribution in [0.1, 0.15) is 5.69 Å². The first-order chi connectivity index (χ1) is 6.37. The van der Waals surface area contributed by atoms with Crippen molar-refractivity contribution in [3.05, 3.63) is 11.8 Å². The van der Waals surface area contributed by atoms with E-state index in [1.54, 1.807) is 6.92 Å². The van der Waals surface area contributed by atoms with E-state index in [4.69, 9.17) is 5.73 Å². The molecule has 0 saturated carbocycles. The SMILES string of the molecule is Cc1cc(N)nc(OCC(F)(F)F)n1. The first-order valence-corrected chi connectivity index (χ1v) is 3.67. The summed E-state index contributed by atoms with van der Waals surface area (Å²) in [5.41, 5.74) is 5.74. The molecule has 78 valence electrons. The van der Waals surface area contributed by atoms with Crippen molar-refractivity contribution in [3.63, 3.8) is 0 Å². The Balaban J connectivity index is 2.68. The summed E-state index contributed by atoms with van der Waals surface area (Å²) in [6, 6.07) is 1.07. The predicted molar refractivity (Wildman–Crippen MR) is 42.7 cm³/mol. The first-order valence-electron chi connectivity index (χ1n) is 3.67. The number of aryl methyl sites for hydroxylation is 1. The van der Waals surface area contributed by atoms with Crippen LogP contribution >= 0.6 is 0 Å². The molecule has 0 spiro atoms. The van der Waals surface area contributed by atoms with Gasteiger partial charge < -0.3 is 10.5 Å². The van der Waals surface area contributed by atoms with E-state index in [2.05, 4.69) is 14.7 Å². The molecule has 0 amide bonds. The average molecular weight is 207 g/mol. The zero-order valence-electron chi connectivity index (χ0n) is 7.30. The van der Waals surface area contributed by atoms with Crippen LogP contribution in [0.5, 0.6) is 6.01 Å². The van der Waals surface area contributed by atoms with E-state index >= 15 is 0 Å². The van der Waals surface area contributed by atoms with Crippen molar-refractivity contribution >= 4 is 5.82 Å². The van der Waals surface area contributed by atoms with Crippen LogP contribution in [-0.2, 0) is 0 Å². The van der Waals surface area contributed by atoms with E-state index in [0.717, 1.165) is 0 Å². The number of nitrogen functional groups attached to an aromatic ring is 1. The summed E-state index contributed by atoms with van der Waals surface area (Å²) in [5, 5.41) is 0. The van der Waals surface area contributed by atoms with E-state index in [-0.39, 0.29) is 11.8 Å². The molecular formula is C7H8F3N3O. The van der Waals surface area contributed by atoms with Crippen molar-refractivity contribution in [1.29, 1.82) is 0 Å². The van der Waals surface area contributed by atoms with Crippen molar-refractivity contribution in [1.82, 2.24) is 9.97 Å². The minimum atomic E-state index is -4.40. The molecule has 1 heterocycles. The summed E-state index contributed by atoms with van der Waals surface area (Å²) in [7, 11) is 0. The minimum Gasteiger partial charge on any atom is -0.454 e. The second-order valence-corrected chi connectivity index (χ2v) is 2.62. The summed E-state index contributed by atoms with van der Waals surface area (Å²) in [4.78, 5) is 7.11. The highest BCUT2D eigenvalue weighted by Gasteiger charge is 2.29. The Morgan fingerprint density at radius 2 is 2.07 bits per heavy atom. The molecule has 0 fully saturated rings. The fourth-order valence-electron chi connectivity index (χ4n) is 0.776. The number of hydrogen-bond donors (Lipinski definition) is 1. The van der Waals surface area contributed by atoms with Crippen LogP contribution in [-0.4, -0.2) is 22.8 Å². The average Bonchev–Trinajstić information content (AvgIpc) is 1.97. The molecule has 1 rings (SSSR count). The van der Waals surface area contributed by atoms with Crippen LogP contribution in [0.15, 0.2) is 6.07 Å². The summed E-state index contributed by atoms with van der Waals surface area (Å²) in [6.07, 6.45) is -4.40. The lowest BCUT2D eigenvalue weighted by atomic mass is 10.4. The van der Waals surface area contributed by atoms with Crippen LogP contribution in [0.4, 0.5) is 19.0 Å². The molecule has 0 aliphatic carbocycles. The van der Waals surface area contributed by atoms with Gasteiger partial charge in [0.25, 0.3) is 0 Å². The molecule has 2 N–H and O–H groups in total. The smallest absolute Gasteiger partial charge is 0.422 e. The van der Waals surface area contributed by atoms with Gasteiger partial charge in [-0.1, -0.05) is 0 Å². The van der Waals surface area contributed by atoms with Crippen molar-refractivity contribution in [2.24, 2.45) is 0 Å². The van der Waals surface area contributed by atoms with Gasteiger partial charge in [0.15, 0.2) is 6.61 Å². The van der Waals surface area contributed by atoms with Crippen molar-refractivity contribution < 1.29 is 17.9 Å². The largest absolute Gasteiger partial charge is 0.454 e. The molecule has 0 atom stereocenters. The maximum Gasteiger partial charge on any atom is 0.422 e. The van der Waals surface area contributed by atoms with Gasteiger partial charge in [-0.2, -0.15) is 18.2 Å². The van der Waals surface area contributed by atoms with Gasteiger partial charge in [0.1, 0.15) is 5.82 Å². The van der Waals surface area contributed by atoms with E-state index in [9.17, 15) is 13.2 Å². The molecule has 0 radical (unpaired) electrons. The third kappa shape index (κ3) is 3.46. The Morgan fingerprint density at radius 3 is 2.57 bits per heavy atom. The number of nitrogens with two attached hydrogens (primary N) is 1. The molecule has 1 aromatic rings. The second kappa shape index (κ2) is 3.69. The van der Waals surface area contributed by atoms with Gasteiger partial charge >= 0.3 is 12.2 Å². The molecule has 1 aromatic heterocycles. The maximum absolute atomic E-state index is 11.7. The fraction of sp³-hybridized carbons (Fsp3) is 0.429. The number of rotatable bonds is 2. The molecule has 0 aliphatic rings. The standard InChI is InChI=1S/C7H8F3N3O/c1-4-2-5(11)13-6(12-4)14-3-7(8,9)10/h2H,3H2,1H3,(H2,11,12,13). The molecule has 0 aromatic carbocycles. The third-order valence-corrected chi connectivity index (χ3v) is 1.22. The fourth-order valence-corrected chi connectivity index (χ4v) is 0.776. The van der Waals surface area contributed by atoms with Gasteiger partial charge in [-0.3, -0.25) is 0 Å². The number of aromatic nitrogens is 2. The molecule has 0 unspecified atom stereocenters. The first kappa shape index (κ1) is 10.6. The van der Waals surface area contributed by atoms with E-state index < -0.39 is 12.8 Å². The topological polar surface area (TPSA) is 61.0 Å². The summed E-state index contributed by atoms with van der Waals surface area (Å²) >= 11 is 0. The van der Waals surface area contributed by atoms with Gasteiger partial charge in [-0.25, -0.2) is 4.98 Å². The summed E-state index contributed by atoms with van der Waals surface area (Å²) in [6.45, 7) is 0.161. The van der Waals surface area contributed by atoms with Crippen LogP contribution in [0, 0.1) is 6.92 Å². The lowest BCUT2D eigenvalue weighted by Crippen LogP contribution is -2.20. The normalized spacial score (nSPS) is 11.4. The minimum absolute atomic E-state index is 0.0784. The third-order valence-electron chi connectivity index (χ3n) is 1.22. The molecule has 7 heteroatoms. The lowest BCUT2D eigenvalue weighted by Gasteiger charge is -2.07. The van der Waals surface area contributed by atoms with Crippen LogP contribution < -0.4 is 10.5 Å². The van der Waals surface area contributed by atoms with Crippen LogP contribution in [0.2, 0.25) is 0 Å². The number of halogens is 3. The Morgan fingerprint density at radius 1 is 1.43 bits per heavy atom. The Labute approximate surface area is 77.9 Å². The Bertz CT molecular complexity index is 306. The highest BCUT2D eigenvalue weighted by Crippen LogP contribution is 2.16. The number of hydrogen-bond acceptors (Lipinski definition) is 4. The summed E-state index contributed by atoms with van der Waals surface area (Å²) < 4.78 is 39.5. The Kier molecular flexibility index (Phi) is 2.78. The summed E-state index contributed by atoms with van der Waals surface area (Å²) in [5.74, 6) is 0.0784. The molecular weight excluding hydrogens is 199 g/mol. The zero-order chi connectivity index (χ0) is 10.8. The van der Waals surface area contributed by atoms with E-state index in [1.807, 2.05) is 0 Å². The number of ether oxygens (including phenoxy) is 1. The zero-order valence-corrected chi connectivity index (χ0v) is 7.30. The number of anilines is 1. The van der Waals surface area contributed by atoms with E-state index in [1.165, 1.54) is 6.07 Å².